The molecule has 0 spiro atoms. The fraction of sp³-hybridized carbons (Fsp3) is 0.333. The molecule has 0 nitrogen and oxygen atoms in total. The molecule has 1 unspecified atom stereocenters. The third kappa shape index (κ3) is 3.12. The Morgan fingerprint density at radius 2 is 1.93 bits per heavy atom. The second-order valence-corrected chi connectivity index (χ2v) is 10.1. The summed E-state index contributed by atoms with van der Waals surface area (Å²) < 4.78 is 0.479. The largest absolute Gasteiger partial charge is 0.0769 e. The smallest absolute Gasteiger partial charge is 0.0422 e. The lowest BCUT2D eigenvalue weighted by atomic mass is 9.70. The quantitative estimate of drug-likeness (QED) is 0.309. The zero-order valence-electron chi connectivity index (χ0n) is 17.3. The number of alkyl halides is 1. The summed E-state index contributed by atoms with van der Waals surface area (Å²) in [6, 6.07) is 8.93. The highest BCUT2D eigenvalue weighted by atomic mass is 127. The molecule has 4 rings (SSSR count). The van der Waals surface area contributed by atoms with Crippen LogP contribution in [0.2, 0.25) is 0 Å². The van der Waals surface area contributed by atoms with Gasteiger partial charge in [-0.3, -0.25) is 0 Å². The molecule has 3 aliphatic rings. The van der Waals surface area contributed by atoms with E-state index < -0.39 is 0 Å². The van der Waals surface area contributed by atoms with Gasteiger partial charge in [-0.25, -0.2) is 0 Å². The highest BCUT2D eigenvalue weighted by Gasteiger charge is 2.38. The Labute approximate surface area is 183 Å². The standard InChI is InChI=1S/C27H29I/c1-5-10-19(17-21-18-20-11-6-7-12-23(20)26(21,2)3)22-14-15-25(28)27(4)16-9-8-13-24(22)27/h6-17,25H,5,18H2,1-4H3/b19-10+,21-17+/t25?,27-/m0/s1. The average molecular weight is 480 g/mol. The van der Waals surface area contributed by atoms with Crippen molar-refractivity contribution in [2.75, 3.05) is 0 Å². The Hall–Kier alpha value is -1.61. The molecule has 0 aliphatic heterocycles. The van der Waals surface area contributed by atoms with Crippen LogP contribution in [0, 0.1) is 5.41 Å². The molecule has 1 aromatic rings. The van der Waals surface area contributed by atoms with Crippen LogP contribution < -0.4 is 0 Å². The predicted octanol–water partition coefficient (Wildman–Crippen LogP) is 7.59. The number of hydrogen-bond donors (Lipinski definition) is 0. The van der Waals surface area contributed by atoms with Gasteiger partial charge in [-0.05, 0) is 40.7 Å². The Kier molecular flexibility index (Phi) is 5.16. The summed E-state index contributed by atoms with van der Waals surface area (Å²) in [7, 11) is 0. The summed E-state index contributed by atoms with van der Waals surface area (Å²) in [5.74, 6) is 0. The van der Waals surface area contributed by atoms with Gasteiger partial charge in [0.25, 0.3) is 0 Å². The SMILES string of the molecule is CC/C=C(\C=C1/Cc2ccccc2C1(C)C)C1=C2C=CC=C[C@]2(C)C(I)C=C1. The molecule has 3 aliphatic carbocycles. The Morgan fingerprint density at radius 1 is 1.14 bits per heavy atom. The Morgan fingerprint density at radius 3 is 2.68 bits per heavy atom. The Balaban J connectivity index is 1.82. The molecule has 0 amide bonds. The minimum absolute atomic E-state index is 0.0683. The van der Waals surface area contributed by atoms with Crippen molar-refractivity contribution in [2.45, 2.75) is 49.9 Å². The molecule has 1 heteroatoms. The van der Waals surface area contributed by atoms with E-state index in [0.717, 1.165) is 12.8 Å². The average Bonchev–Trinajstić information content (AvgIpc) is 2.93. The van der Waals surface area contributed by atoms with Crippen molar-refractivity contribution in [2.24, 2.45) is 5.41 Å². The number of hydrogen-bond acceptors (Lipinski definition) is 0. The molecule has 144 valence electrons. The van der Waals surface area contributed by atoms with E-state index >= 15 is 0 Å². The molecular weight excluding hydrogens is 451 g/mol. The van der Waals surface area contributed by atoms with Gasteiger partial charge in [-0.15, -0.1) is 0 Å². The van der Waals surface area contributed by atoms with Gasteiger partial charge in [-0.2, -0.15) is 0 Å². The molecule has 28 heavy (non-hydrogen) atoms. The first-order valence-corrected chi connectivity index (χ1v) is 11.6. The lowest BCUT2D eigenvalue weighted by molar-refractivity contribution is 0.549. The lowest BCUT2D eigenvalue weighted by Gasteiger charge is -2.38. The summed E-state index contributed by atoms with van der Waals surface area (Å²) in [6.07, 6.45) is 20.8. The summed E-state index contributed by atoms with van der Waals surface area (Å²) >= 11 is 2.58. The molecule has 0 bridgehead atoms. The van der Waals surface area contributed by atoms with Crippen molar-refractivity contribution in [3.63, 3.8) is 0 Å². The van der Waals surface area contributed by atoms with E-state index in [-0.39, 0.29) is 10.8 Å². The highest BCUT2D eigenvalue weighted by molar-refractivity contribution is 14.1. The van der Waals surface area contributed by atoms with E-state index in [4.69, 9.17) is 0 Å². The normalized spacial score (nSPS) is 29.4. The van der Waals surface area contributed by atoms with Crippen LogP contribution >= 0.6 is 22.6 Å². The number of fused-ring (bicyclic) bond motifs is 2. The minimum atomic E-state index is 0.0683. The van der Waals surface area contributed by atoms with Gasteiger partial charge in [0.05, 0.1) is 0 Å². The van der Waals surface area contributed by atoms with Crippen molar-refractivity contribution in [3.05, 3.63) is 106 Å². The molecule has 0 N–H and O–H groups in total. The van der Waals surface area contributed by atoms with Crippen molar-refractivity contribution < 1.29 is 0 Å². The van der Waals surface area contributed by atoms with E-state index in [1.165, 1.54) is 33.4 Å². The van der Waals surface area contributed by atoms with Crippen LogP contribution in [-0.4, -0.2) is 3.92 Å². The first-order chi connectivity index (χ1) is 13.4. The van der Waals surface area contributed by atoms with Crippen LogP contribution in [0.15, 0.2) is 95.2 Å². The van der Waals surface area contributed by atoms with Gasteiger partial charge in [0.1, 0.15) is 0 Å². The maximum Gasteiger partial charge on any atom is 0.0422 e. The minimum Gasteiger partial charge on any atom is -0.0769 e. The van der Waals surface area contributed by atoms with Gasteiger partial charge in [0, 0.05) is 14.8 Å². The number of benzene rings is 1. The second-order valence-electron chi connectivity index (χ2n) is 8.79. The molecule has 2 atom stereocenters. The van der Waals surface area contributed by atoms with Gasteiger partial charge >= 0.3 is 0 Å². The highest BCUT2D eigenvalue weighted by Crippen LogP contribution is 2.48. The van der Waals surface area contributed by atoms with Crippen molar-refractivity contribution in [3.8, 4) is 0 Å². The maximum absolute atomic E-state index is 2.58. The second kappa shape index (κ2) is 7.33. The van der Waals surface area contributed by atoms with Crippen LogP contribution in [0.3, 0.4) is 0 Å². The van der Waals surface area contributed by atoms with Crippen molar-refractivity contribution in [1.29, 1.82) is 0 Å². The van der Waals surface area contributed by atoms with Crippen LogP contribution in [0.5, 0.6) is 0 Å². The zero-order chi connectivity index (χ0) is 19.9. The van der Waals surface area contributed by atoms with Crippen LogP contribution in [0.1, 0.15) is 45.2 Å². The lowest BCUT2D eigenvalue weighted by Crippen LogP contribution is -2.30. The van der Waals surface area contributed by atoms with Gasteiger partial charge < -0.3 is 0 Å². The van der Waals surface area contributed by atoms with Crippen molar-refractivity contribution in [1.82, 2.24) is 0 Å². The molecule has 0 saturated heterocycles. The van der Waals surface area contributed by atoms with Crippen LogP contribution in [0.4, 0.5) is 0 Å². The molecule has 0 fully saturated rings. The van der Waals surface area contributed by atoms with Gasteiger partial charge in [0.15, 0.2) is 0 Å². The van der Waals surface area contributed by atoms with Gasteiger partial charge in [-0.1, -0.05) is 129 Å². The third-order valence-corrected chi connectivity index (χ3v) is 8.34. The van der Waals surface area contributed by atoms with Gasteiger partial charge in [0.2, 0.25) is 0 Å². The van der Waals surface area contributed by atoms with E-state index in [2.05, 4.69) is 123 Å². The van der Waals surface area contributed by atoms with E-state index in [1.54, 1.807) is 0 Å². The third-order valence-electron chi connectivity index (χ3n) is 6.63. The summed E-state index contributed by atoms with van der Waals surface area (Å²) in [5, 5.41) is 0. The topological polar surface area (TPSA) is 0 Å². The number of allylic oxidation sites excluding steroid dienone is 12. The van der Waals surface area contributed by atoms with Crippen LogP contribution in [-0.2, 0) is 11.8 Å². The fourth-order valence-corrected chi connectivity index (χ4v) is 5.54. The van der Waals surface area contributed by atoms with Crippen molar-refractivity contribution >= 4 is 22.6 Å². The molecule has 1 aromatic carbocycles. The van der Waals surface area contributed by atoms with E-state index in [9.17, 15) is 0 Å². The van der Waals surface area contributed by atoms with E-state index in [1.807, 2.05) is 0 Å². The maximum atomic E-state index is 2.58. The first-order valence-electron chi connectivity index (χ1n) is 10.3. The van der Waals surface area contributed by atoms with Crippen LogP contribution in [0.25, 0.3) is 0 Å². The molecular formula is C27H29I. The summed E-state index contributed by atoms with van der Waals surface area (Å²) in [4.78, 5) is 0. The fourth-order valence-electron chi connectivity index (χ4n) is 4.79. The molecule has 0 heterocycles. The zero-order valence-corrected chi connectivity index (χ0v) is 19.5. The molecule has 0 saturated carbocycles. The Bertz CT molecular complexity index is 977. The monoisotopic (exact) mass is 480 g/mol. The molecule has 0 aromatic heterocycles. The van der Waals surface area contributed by atoms with E-state index in [0.29, 0.717) is 3.92 Å². The number of rotatable bonds is 3. The summed E-state index contributed by atoms with van der Waals surface area (Å²) in [5.41, 5.74) is 8.83. The first kappa shape index (κ1) is 19.7. The number of halogens is 1. The molecule has 0 radical (unpaired) electrons. The summed E-state index contributed by atoms with van der Waals surface area (Å²) in [6.45, 7) is 9.35. The predicted molar refractivity (Wildman–Crippen MR) is 130 cm³/mol.